The van der Waals surface area contributed by atoms with Gasteiger partial charge in [0.1, 0.15) is 31.0 Å². The van der Waals surface area contributed by atoms with Crippen LogP contribution in [-0.2, 0) is 19.8 Å². The highest BCUT2D eigenvalue weighted by atomic mass is 16.6. The minimum absolute atomic E-state index is 0.00184. The van der Waals surface area contributed by atoms with E-state index in [0.29, 0.717) is 31.9 Å². The first kappa shape index (κ1) is 13.5. The number of nitrogens with one attached hydrogen (secondary N) is 2. The van der Waals surface area contributed by atoms with Crippen LogP contribution in [0.2, 0.25) is 0 Å². The highest BCUT2D eigenvalue weighted by Crippen LogP contribution is 2.40. The lowest BCUT2D eigenvalue weighted by molar-refractivity contribution is -0.125. The molecule has 1 saturated carbocycles. The van der Waals surface area contributed by atoms with Crippen molar-refractivity contribution in [3.63, 3.8) is 0 Å². The summed E-state index contributed by atoms with van der Waals surface area (Å²) in [6, 6.07) is 0. The molecule has 2 aliphatic rings. The molecule has 112 valence electrons. The summed E-state index contributed by atoms with van der Waals surface area (Å²) in [5.74, 6) is -0.890. The number of rotatable bonds is 4. The normalized spacial score (nSPS) is 19.5. The molecule has 3 rings (SSSR count). The third-order valence-corrected chi connectivity index (χ3v) is 3.69. The minimum atomic E-state index is -1.08. The van der Waals surface area contributed by atoms with Crippen LogP contribution in [0.4, 0.5) is 0 Å². The summed E-state index contributed by atoms with van der Waals surface area (Å²) in [6.45, 7) is 0.748. The zero-order valence-corrected chi connectivity index (χ0v) is 11.2. The summed E-state index contributed by atoms with van der Waals surface area (Å²) < 4.78 is 10.3. The topological polar surface area (TPSA) is 114 Å². The molecule has 21 heavy (non-hydrogen) atoms. The molecule has 0 saturated heterocycles. The van der Waals surface area contributed by atoms with Crippen LogP contribution in [0, 0.1) is 0 Å². The van der Waals surface area contributed by atoms with Crippen molar-refractivity contribution in [1.29, 1.82) is 0 Å². The van der Waals surface area contributed by atoms with Gasteiger partial charge in [0.25, 0.3) is 5.91 Å². The van der Waals surface area contributed by atoms with Crippen LogP contribution in [0.3, 0.4) is 0 Å². The molecule has 3 N–H and O–H groups in total. The van der Waals surface area contributed by atoms with Crippen molar-refractivity contribution in [1.82, 2.24) is 15.3 Å². The predicted octanol–water partition coefficient (Wildman–Crippen LogP) is 0.491. The van der Waals surface area contributed by atoms with E-state index < -0.39 is 11.5 Å². The van der Waals surface area contributed by atoms with E-state index in [0.717, 1.165) is 6.42 Å². The number of H-pyrrole nitrogens is 1. The number of carboxylic acids is 1. The molecular formula is C13H15N3O5. The second kappa shape index (κ2) is 5.12. The summed E-state index contributed by atoms with van der Waals surface area (Å²) in [7, 11) is 0. The van der Waals surface area contributed by atoms with Gasteiger partial charge in [0, 0.05) is 0 Å². The third-order valence-electron chi connectivity index (χ3n) is 3.69. The molecule has 1 aliphatic heterocycles. The number of nitrogens with zero attached hydrogens (tertiary/aromatic N) is 1. The molecule has 1 fully saturated rings. The molecule has 1 aromatic heterocycles. The number of ether oxygens (including phenoxy) is 2. The molecule has 0 unspecified atom stereocenters. The predicted molar refractivity (Wildman–Crippen MR) is 69.2 cm³/mol. The fourth-order valence-corrected chi connectivity index (χ4v) is 2.39. The molecule has 0 atom stereocenters. The summed E-state index contributed by atoms with van der Waals surface area (Å²) in [5, 5.41) is 11.8. The Labute approximate surface area is 120 Å². The van der Waals surface area contributed by atoms with Crippen LogP contribution >= 0.6 is 0 Å². The minimum Gasteiger partial charge on any atom is -0.494 e. The molecule has 1 aliphatic carbocycles. The van der Waals surface area contributed by atoms with E-state index in [9.17, 15) is 9.59 Å². The maximum absolute atomic E-state index is 12.2. The Balaban J connectivity index is 1.78. The number of carboxylic acid groups (broad SMARTS) is 1. The largest absolute Gasteiger partial charge is 0.494 e. The number of hydrogen-bond acceptors (Lipinski definition) is 5. The van der Waals surface area contributed by atoms with Gasteiger partial charge in [-0.15, -0.1) is 0 Å². The van der Waals surface area contributed by atoms with Crippen LogP contribution in [0.15, 0.2) is 18.2 Å². The van der Waals surface area contributed by atoms with E-state index in [1.165, 1.54) is 12.5 Å². The van der Waals surface area contributed by atoms with Gasteiger partial charge in [0.05, 0.1) is 11.7 Å². The van der Waals surface area contributed by atoms with Gasteiger partial charge in [-0.2, -0.15) is 0 Å². The summed E-state index contributed by atoms with van der Waals surface area (Å²) in [6.07, 6.45) is 4.86. The standard InChI is InChI=1S/C13H15N3O5/c17-10(9-7-20-4-5-21-9)16-13(2-1-3-13)12-14-6-8(15-12)11(18)19/h6-7H,1-5H2,(H,14,15)(H,16,17)(H,18,19). The van der Waals surface area contributed by atoms with E-state index in [4.69, 9.17) is 14.6 Å². The van der Waals surface area contributed by atoms with E-state index in [2.05, 4.69) is 15.3 Å². The molecule has 8 heteroatoms. The number of aromatic carboxylic acids is 1. The van der Waals surface area contributed by atoms with Gasteiger partial charge in [-0.3, -0.25) is 4.79 Å². The molecule has 0 bridgehead atoms. The quantitative estimate of drug-likeness (QED) is 0.744. The lowest BCUT2D eigenvalue weighted by Gasteiger charge is -2.40. The van der Waals surface area contributed by atoms with Crippen molar-refractivity contribution in [2.75, 3.05) is 13.2 Å². The Morgan fingerprint density at radius 2 is 2.19 bits per heavy atom. The van der Waals surface area contributed by atoms with Crippen molar-refractivity contribution in [2.45, 2.75) is 24.8 Å². The van der Waals surface area contributed by atoms with Gasteiger partial charge in [-0.05, 0) is 19.3 Å². The van der Waals surface area contributed by atoms with Gasteiger partial charge >= 0.3 is 5.97 Å². The Bertz CT molecular complexity index is 603. The number of imidazole rings is 1. The van der Waals surface area contributed by atoms with Gasteiger partial charge in [-0.25, -0.2) is 9.78 Å². The Kier molecular flexibility index (Phi) is 3.28. The molecule has 1 aromatic rings. The SMILES string of the molecule is O=C(NC1(c2ncc(C(=O)O)[nH]2)CCC1)C1=COCCO1. The van der Waals surface area contributed by atoms with Crippen molar-refractivity contribution in [3.8, 4) is 0 Å². The van der Waals surface area contributed by atoms with Crippen molar-refractivity contribution in [2.24, 2.45) is 0 Å². The van der Waals surface area contributed by atoms with Crippen LogP contribution in [-0.4, -0.2) is 40.2 Å². The third kappa shape index (κ3) is 2.44. The second-order valence-corrected chi connectivity index (χ2v) is 5.04. The van der Waals surface area contributed by atoms with Crippen molar-refractivity contribution in [3.05, 3.63) is 29.7 Å². The highest BCUT2D eigenvalue weighted by Gasteiger charge is 2.43. The first-order chi connectivity index (χ1) is 10.1. The Hall–Kier alpha value is -2.51. The number of aromatic amines is 1. The average Bonchev–Trinajstić information content (AvgIpc) is 2.93. The van der Waals surface area contributed by atoms with Gasteiger partial charge in [0.2, 0.25) is 5.76 Å². The Morgan fingerprint density at radius 3 is 2.71 bits per heavy atom. The first-order valence-corrected chi connectivity index (χ1v) is 6.67. The summed E-state index contributed by atoms with van der Waals surface area (Å²) >= 11 is 0. The molecule has 2 heterocycles. The maximum atomic E-state index is 12.2. The molecule has 8 nitrogen and oxygen atoms in total. The molecule has 0 spiro atoms. The number of carbonyl (C=O) groups is 2. The monoisotopic (exact) mass is 293 g/mol. The number of amides is 1. The zero-order valence-electron chi connectivity index (χ0n) is 11.2. The first-order valence-electron chi connectivity index (χ1n) is 6.67. The van der Waals surface area contributed by atoms with Gasteiger partial charge in [0.15, 0.2) is 0 Å². The van der Waals surface area contributed by atoms with Crippen LogP contribution in [0.5, 0.6) is 0 Å². The number of carbonyl (C=O) groups excluding carboxylic acids is 1. The summed E-state index contributed by atoms with van der Waals surface area (Å²) in [4.78, 5) is 29.9. The van der Waals surface area contributed by atoms with Crippen LogP contribution in [0.25, 0.3) is 0 Å². The second-order valence-electron chi connectivity index (χ2n) is 5.04. The smallest absolute Gasteiger partial charge is 0.353 e. The van der Waals surface area contributed by atoms with Crippen molar-refractivity contribution >= 4 is 11.9 Å². The van der Waals surface area contributed by atoms with E-state index in [1.807, 2.05) is 0 Å². The Morgan fingerprint density at radius 1 is 1.38 bits per heavy atom. The molecule has 1 amide bonds. The van der Waals surface area contributed by atoms with Crippen LogP contribution in [0.1, 0.15) is 35.6 Å². The lowest BCUT2D eigenvalue weighted by atomic mass is 9.76. The maximum Gasteiger partial charge on any atom is 0.353 e. The number of hydrogen-bond donors (Lipinski definition) is 3. The fraction of sp³-hybridized carbons (Fsp3) is 0.462. The van der Waals surface area contributed by atoms with Gasteiger partial charge < -0.3 is 24.9 Å². The van der Waals surface area contributed by atoms with Crippen LogP contribution < -0.4 is 5.32 Å². The van der Waals surface area contributed by atoms with Crippen molar-refractivity contribution < 1.29 is 24.2 Å². The van der Waals surface area contributed by atoms with E-state index >= 15 is 0 Å². The zero-order chi connectivity index (χ0) is 14.9. The lowest BCUT2D eigenvalue weighted by Crippen LogP contribution is -2.52. The van der Waals surface area contributed by atoms with E-state index in [1.54, 1.807) is 0 Å². The van der Waals surface area contributed by atoms with E-state index in [-0.39, 0.29) is 17.4 Å². The summed E-state index contributed by atoms with van der Waals surface area (Å²) in [5.41, 5.74) is -0.658. The molecule has 0 aromatic carbocycles. The highest BCUT2D eigenvalue weighted by molar-refractivity contribution is 5.92. The average molecular weight is 293 g/mol. The number of aromatic nitrogens is 2. The molecule has 0 radical (unpaired) electrons. The molecular weight excluding hydrogens is 278 g/mol. The van der Waals surface area contributed by atoms with Gasteiger partial charge in [-0.1, -0.05) is 0 Å². The fourth-order valence-electron chi connectivity index (χ4n) is 2.39.